The normalized spacial score (nSPS) is 16.0. The van der Waals surface area contributed by atoms with Crippen molar-refractivity contribution < 1.29 is 10.2 Å². The third-order valence-electron chi connectivity index (χ3n) is 2.39. The summed E-state index contributed by atoms with van der Waals surface area (Å²) >= 11 is 0. The molecule has 2 atom stereocenters. The van der Waals surface area contributed by atoms with E-state index in [9.17, 15) is 5.11 Å². The topological polar surface area (TPSA) is 40.5 Å². The Labute approximate surface area is 75.6 Å². The summed E-state index contributed by atoms with van der Waals surface area (Å²) in [5, 5.41) is 18.0. The van der Waals surface area contributed by atoms with Gasteiger partial charge in [0.25, 0.3) is 0 Å². The average molecular weight is 174 g/mol. The summed E-state index contributed by atoms with van der Waals surface area (Å²) in [7, 11) is 0. The van der Waals surface area contributed by atoms with Crippen molar-refractivity contribution in [2.45, 2.75) is 52.1 Å². The Morgan fingerprint density at radius 1 is 1.17 bits per heavy atom. The van der Waals surface area contributed by atoms with E-state index in [1.165, 1.54) is 0 Å². The highest BCUT2D eigenvalue weighted by Crippen LogP contribution is 2.14. The fourth-order valence-corrected chi connectivity index (χ4v) is 1.35. The van der Waals surface area contributed by atoms with Crippen molar-refractivity contribution in [3.8, 4) is 0 Å². The molecule has 0 heterocycles. The molecule has 0 aromatic rings. The van der Waals surface area contributed by atoms with Gasteiger partial charge in [0.1, 0.15) is 0 Å². The summed E-state index contributed by atoms with van der Waals surface area (Å²) in [4.78, 5) is 0. The summed E-state index contributed by atoms with van der Waals surface area (Å²) in [6.07, 6.45) is 4.89. The molecule has 0 unspecified atom stereocenters. The summed E-state index contributed by atoms with van der Waals surface area (Å²) < 4.78 is 0. The summed E-state index contributed by atoms with van der Waals surface area (Å²) in [6.45, 7) is 4.40. The van der Waals surface area contributed by atoms with Crippen LogP contribution in [0.25, 0.3) is 0 Å². The first-order chi connectivity index (χ1) is 5.72. The maximum atomic E-state index is 9.43. The van der Waals surface area contributed by atoms with Crippen molar-refractivity contribution in [2.24, 2.45) is 5.92 Å². The number of unbranched alkanes of at least 4 members (excludes halogenated alkanes) is 2. The van der Waals surface area contributed by atoms with Gasteiger partial charge >= 0.3 is 0 Å². The zero-order chi connectivity index (χ0) is 9.40. The zero-order valence-electron chi connectivity index (χ0n) is 8.29. The van der Waals surface area contributed by atoms with Gasteiger partial charge in [-0.3, -0.25) is 0 Å². The Kier molecular flexibility index (Phi) is 7.51. The van der Waals surface area contributed by atoms with Crippen molar-refractivity contribution in [3.63, 3.8) is 0 Å². The molecule has 0 bridgehead atoms. The molecule has 0 aromatic carbocycles. The highest BCUT2D eigenvalue weighted by atomic mass is 16.3. The van der Waals surface area contributed by atoms with E-state index in [1.807, 2.05) is 6.92 Å². The summed E-state index contributed by atoms with van der Waals surface area (Å²) in [5.74, 6) is 0.411. The van der Waals surface area contributed by atoms with Crippen LogP contribution in [0.15, 0.2) is 0 Å². The number of rotatable bonds is 7. The van der Waals surface area contributed by atoms with Gasteiger partial charge in [-0.15, -0.1) is 0 Å². The molecule has 12 heavy (non-hydrogen) atoms. The molecule has 0 aliphatic rings. The lowest BCUT2D eigenvalue weighted by atomic mass is 9.96. The van der Waals surface area contributed by atoms with Crippen LogP contribution in [0, 0.1) is 5.92 Å². The first-order valence-corrected chi connectivity index (χ1v) is 5.01. The fourth-order valence-electron chi connectivity index (χ4n) is 1.35. The van der Waals surface area contributed by atoms with E-state index >= 15 is 0 Å². The molecule has 0 fully saturated rings. The highest BCUT2D eigenvalue weighted by Gasteiger charge is 2.10. The minimum Gasteiger partial charge on any atom is -0.396 e. The van der Waals surface area contributed by atoms with Crippen LogP contribution in [-0.4, -0.2) is 22.9 Å². The molecule has 0 saturated carbocycles. The van der Waals surface area contributed by atoms with Crippen molar-refractivity contribution in [1.29, 1.82) is 0 Å². The largest absolute Gasteiger partial charge is 0.396 e. The second kappa shape index (κ2) is 7.56. The highest BCUT2D eigenvalue weighted by molar-refractivity contribution is 4.62. The third kappa shape index (κ3) is 5.56. The molecule has 2 nitrogen and oxygen atoms in total. The van der Waals surface area contributed by atoms with Gasteiger partial charge in [-0.25, -0.2) is 0 Å². The minimum absolute atomic E-state index is 0.140. The second-order valence-electron chi connectivity index (χ2n) is 3.53. The van der Waals surface area contributed by atoms with E-state index in [1.54, 1.807) is 0 Å². The lowest BCUT2D eigenvalue weighted by molar-refractivity contribution is 0.106. The Balaban J connectivity index is 3.24. The molecule has 74 valence electrons. The molecule has 0 aromatic heterocycles. The molecular weight excluding hydrogens is 152 g/mol. The molecule has 0 aliphatic heterocycles. The maximum Gasteiger partial charge on any atom is 0.0563 e. The molecule has 2 heteroatoms. The minimum atomic E-state index is -0.140. The van der Waals surface area contributed by atoms with Crippen LogP contribution < -0.4 is 0 Å². The van der Waals surface area contributed by atoms with Gasteiger partial charge in [0.05, 0.1) is 6.10 Å². The Morgan fingerprint density at radius 2 is 1.83 bits per heavy atom. The molecule has 0 spiro atoms. The Morgan fingerprint density at radius 3 is 2.33 bits per heavy atom. The number of hydrogen-bond acceptors (Lipinski definition) is 2. The van der Waals surface area contributed by atoms with Crippen molar-refractivity contribution in [3.05, 3.63) is 0 Å². The van der Waals surface area contributed by atoms with Crippen LogP contribution in [0.5, 0.6) is 0 Å². The first kappa shape index (κ1) is 11.9. The molecule has 0 saturated heterocycles. The Bertz CT molecular complexity index is 93.8. The van der Waals surface area contributed by atoms with E-state index in [0.29, 0.717) is 12.5 Å². The smallest absolute Gasteiger partial charge is 0.0563 e. The van der Waals surface area contributed by atoms with Crippen molar-refractivity contribution in [1.82, 2.24) is 0 Å². The van der Waals surface area contributed by atoms with E-state index in [4.69, 9.17) is 5.11 Å². The number of aliphatic hydroxyl groups excluding tert-OH is 2. The van der Waals surface area contributed by atoms with E-state index in [-0.39, 0.29) is 6.10 Å². The maximum absolute atomic E-state index is 9.43. The van der Waals surface area contributed by atoms with Crippen LogP contribution >= 0.6 is 0 Å². The standard InChI is InChI=1S/C10H22O2/c1-3-10(12)9(2)7-5-4-6-8-11/h9-12H,3-8H2,1-2H3/t9-,10-/m0/s1. The van der Waals surface area contributed by atoms with Gasteiger partial charge < -0.3 is 10.2 Å². The molecular formula is C10H22O2. The number of aliphatic hydroxyl groups is 2. The average Bonchev–Trinajstić information content (AvgIpc) is 2.10. The van der Waals surface area contributed by atoms with E-state index in [2.05, 4.69) is 6.92 Å². The lowest BCUT2D eigenvalue weighted by Crippen LogP contribution is -2.15. The van der Waals surface area contributed by atoms with Gasteiger partial charge in [0, 0.05) is 6.61 Å². The molecule has 0 rings (SSSR count). The predicted molar refractivity (Wildman–Crippen MR) is 51.0 cm³/mol. The SMILES string of the molecule is CC[C@H](O)[C@@H](C)CCCCCO. The predicted octanol–water partition coefficient (Wildman–Crippen LogP) is 1.95. The first-order valence-electron chi connectivity index (χ1n) is 5.01. The zero-order valence-corrected chi connectivity index (χ0v) is 8.29. The summed E-state index contributed by atoms with van der Waals surface area (Å²) in [5.41, 5.74) is 0. The van der Waals surface area contributed by atoms with Crippen LogP contribution in [0.2, 0.25) is 0 Å². The summed E-state index contributed by atoms with van der Waals surface area (Å²) in [6, 6.07) is 0. The van der Waals surface area contributed by atoms with Gasteiger partial charge in [-0.05, 0) is 25.2 Å². The van der Waals surface area contributed by atoms with Gasteiger partial charge in [-0.2, -0.15) is 0 Å². The van der Waals surface area contributed by atoms with Gasteiger partial charge in [0.2, 0.25) is 0 Å². The van der Waals surface area contributed by atoms with Gasteiger partial charge in [-0.1, -0.05) is 26.7 Å². The quantitative estimate of drug-likeness (QED) is 0.579. The van der Waals surface area contributed by atoms with Gasteiger partial charge in [0.15, 0.2) is 0 Å². The van der Waals surface area contributed by atoms with Crippen LogP contribution in [0.4, 0.5) is 0 Å². The Hall–Kier alpha value is -0.0800. The molecule has 0 aliphatic carbocycles. The fraction of sp³-hybridized carbons (Fsp3) is 1.00. The molecule has 0 radical (unpaired) electrons. The monoisotopic (exact) mass is 174 g/mol. The second-order valence-corrected chi connectivity index (χ2v) is 3.53. The lowest BCUT2D eigenvalue weighted by Gasteiger charge is -2.16. The van der Waals surface area contributed by atoms with E-state index < -0.39 is 0 Å². The van der Waals surface area contributed by atoms with Crippen LogP contribution in [-0.2, 0) is 0 Å². The van der Waals surface area contributed by atoms with Crippen LogP contribution in [0.1, 0.15) is 46.0 Å². The van der Waals surface area contributed by atoms with Crippen LogP contribution in [0.3, 0.4) is 0 Å². The van der Waals surface area contributed by atoms with Crippen molar-refractivity contribution in [2.75, 3.05) is 6.61 Å². The van der Waals surface area contributed by atoms with E-state index in [0.717, 1.165) is 32.1 Å². The van der Waals surface area contributed by atoms with Crippen molar-refractivity contribution >= 4 is 0 Å². The third-order valence-corrected chi connectivity index (χ3v) is 2.39. The molecule has 0 amide bonds. The number of hydrogen-bond donors (Lipinski definition) is 2. The molecule has 2 N–H and O–H groups in total.